The van der Waals surface area contributed by atoms with Crippen molar-refractivity contribution >= 4 is 28.6 Å². The van der Waals surface area contributed by atoms with Gasteiger partial charge >= 0.3 is 5.97 Å². The number of carboxylic acid groups (broad SMARTS) is 1. The maximum absolute atomic E-state index is 11.9. The fourth-order valence-electron chi connectivity index (χ4n) is 3.11. The third-order valence-electron chi connectivity index (χ3n) is 4.51. The van der Waals surface area contributed by atoms with E-state index in [-0.39, 0.29) is 11.5 Å². The van der Waals surface area contributed by atoms with Crippen molar-refractivity contribution in [2.45, 2.75) is 38.5 Å². The number of hydrogen-bond donors (Lipinski definition) is 1. The molecule has 0 unspecified atom stereocenters. The Labute approximate surface area is 150 Å². The first-order chi connectivity index (χ1) is 12.0. The van der Waals surface area contributed by atoms with Gasteiger partial charge in [-0.2, -0.15) is 5.10 Å². The van der Waals surface area contributed by atoms with Crippen LogP contribution < -0.4 is 0 Å². The zero-order valence-electron chi connectivity index (χ0n) is 14.0. The van der Waals surface area contributed by atoms with Gasteiger partial charge in [-0.05, 0) is 43.0 Å². The average Bonchev–Trinajstić information content (AvgIpc) is 3.34. The summed E-state index contributed by atoms with van der Waals surface area (Å²) >= 11 is 6.13. The minimum absolute atomic E-state index is 0.0783. The first kappa shape index (κ1) is 16.1. The molecule has 6 heteroatoms. The standard InChI is InChI=1S/C19H18ClN3O2/c1-10(2)17-16-14(19(24)25)9-15(11-6-7-11)21-18(16)23(22-17)13-5-3-4-12(20)8-13/h3-5,8-11H,6-7H2,1-2H3,(H,24,25). The summed E-state index contributed by atoms with van der Waals surface area (Å²) in [5, 5.41) is 15.7. The molecule has 2 aromatic heterocycles. The second-order valence-electron chi connectivity index (χ2n) is 6.80. The predicted molar refractivity (Wildman–Crippen MR) is 96.9 cm³/mol. The molecule has 1 fully saturated rings. The summed E-state index contributed by atoms with van der Waals surface area (Å²) in [5.74, 6) is -0.510. The van der Waals surface area contributed by atoms with Crippen molar-refractivity contribution < 1.29 is 9.90 Å². The molecule has 0 aliphatic heterocycles. The fraction of sp³-hybridized carbons (Fsp3) is 0.316. The first-order valence-electron chi connectivity index (χ1n) is 8.38. The maximum atomic E-state index is 11.9. The van der Waals surface area contributed by atoms with Crippen LogP contribution in [0.1, 0.15) is 60.3 Å². The van der Waals surface area contributed by atoms with Crippen LogP contribution >= 0.6 is 11.6 Å². The van der Waals surface area contributed by atoms with E-state index in [9.17, 15) is 9.90 Å². The lowest BCUT2D eigenvalue weighted by molar-refractivity contribution is 0.0698. The summed E-state index contributed by atoms with van der Waals surface area (Å²) in [6.07, 6.45) is 2.11. The molecule has 3 aromatic rings. The van der Waals surface area contributed by atoms with E-state index in [1.807, 2.05) is 32.0 Å². The van der Waals surface area contributed by atoms with Crippen LogP contribution in [0.2, 0.25) is 5.02 Å². The zero-order valence-corrected chi connectivity index (χ0v) is 14.8. The molecular weight excluding hydrogens is 338 g/mol. The SMILES string of the molecule is CC(C)c1nn(-c2cccc(Cl)c2)c2nc(C3CC3)cc(C(=O)O)c12. The summed E-state index contributed by atoms with van der Waals surface area (Å²) in [6.45, 7) is 4.01. The zero-order chi connectivity index (χ0) is 17.7. The van der Waals surface area contributed by atoms with Gasteiger partial charge in [0.05, 0.1) is 22.3 Å². The van der Waals surface area contributed by atoms with Crippen LogP contribution in [0.25, 0.3) is 16.7 Å². The molecule has 5 nitrogen and oxygen atoms in total. The third-order valence-corrected chi connectivity index (χ3v) is 4.75. The monoisotopic (exact) mass is 355 g/mol. The quantitative estimate of drug-likeness (QED) is 0.731. The molecule has 1 aliphatic carbocycles. The summed E-state index contributed by atoms with van der Waals surface area (Å²) < 4.78 is 1.72. The van der Waals surface area contributed by atoms with Crippen LogP contribution in [0, 0.1) is 0 Å². The summed E-state index contributed by atoms with van der Waals surface area (Å²) in [5.41, 5.74) is 3.23. The van der Waals surface area contributed by atoms with E-state index in [0.717, 1.165) is 29.9 Å². The molecule has 2 heterocycles. The van der Waals surface area contributed by atoms with Gasteiger partial charge in [-0.1, -0.05) is 31.5 Å². The molecule has 1 aromatic carbocycles. The molecule has 0 amide bonds. The van der Waals surface area contributed by atoms with Gasteiger partial charge in [-0.3, -0.25) is 0 Å². The van der Waals surface area contributed by atoms with Crippen LogP contribution in [-0.2, 0) is 0 Å². The molecule has 0 saturated heterocycles. The van der Waals surface area contributed by atoms with Crippen molar-refractivity contribution in [2.75, 3.05) is 0 Å². The lowest BCUT2D eigenvalue weighted by atomic mass is 10.0. The third kappa shape index (κ3) is 2.78. The summed E-state index contributed by atoms with van der Waals surface area (Å²) in [7, 11) is 0. The molecule has 4 rings (SSSR count). The van der Waals surface area contributed by atoms with Crippen molar-refractivity contribution in [2.24, 2.45) is 0 Å². The van der Waals surface area contributed by atoms with E-state index in [1.54, 1.807) is 16.8 Å². The topological polar surface area (TPSA) is 68.0 Å². The van der Waals surface area contributed by atoms with Crippen molar-refractivity contribution in [1.29, 1.82) is 0 Å². The summed E-state index contributed by atoms with van der Waals surface area (Å²) in [4.78, 5) is 16.7. The number of pyridine rings is 1. The van der Waals surface area contributed by atoms with E-state index in [4.69, 9.17) is 21.7 Å². The number of rotatable bonds is 4. The minimum Gasteiger partial charge on any atom is -0.478 e. The van der Waals surface area contributed by atoms with Gasteiger partial charge in [0.2, 0.25) is 0 Å². The first-order valence-corrected chi connectivity index (χ1v) is 8.76. The van der Waals surface area contributed by atoms with E-state index in [2.05, 4.69) is 0 Å². The lowest BCUT2D eigenvalue weighted by Gasteiger charge is -2.07. The van der Waals surface area contributed by atoms with Crippen LogP contribution in [0.4, 0.5) is 0 Å². The molecule has 0 radical (unpaired) electrons. The van der Waals surface area contributed by atoms with E-state index >= 15 is 0 Å². The van der Waals surface area contributed by atoms with E-state index in [1.165, 1.54) is 0 Å². The molecular formula is C19H18ClN3O2. The average molecular weight is 356 g/mol. The Morgan fingerprint density at radius 3 is 2.68 bits per heavy atom. The van der Waals surface area contributed by atoms with Gasteiger partial charge in [0.25, 0.3) is 0 Å². The second-order valence-corrected chi connectivity index (χ2v) is 7.24. The Kier molecular flexibility index (Phi) is 3.76. The second kappa shape index (κ2) is 5.85. The van der Waals surface area contributed by atoms with Gasteiger partial charge in [0.15, 0.2) is 5.65 Å². The molecule has 128 valence electrons. The molecule has 1 saturated carbocycles. The van der Waals surface area contributed by atoms with Gasteiger partial charge in [-0.15, -0.1) is 0 Å². The van der Waals surface area contributed by atoms with Gasteiger partial charge in [0.1, 0.15) is 0 Å². The van der Waals surface area contributed by atoms with Crippen molar-refractivity contribution in [1.82, 2.24) is 14.8 Å². The number of carbonyl (C=O) groups is 1. The smallest absolute Gasteiger partial charge is 0.336 e. The predicted octanol–water partition coefficient (Wildman–Crippen LogP) is 4.77. The van der Waals surface area contributed by atoms with Gasteiger partial charge in [0, 0.05) is 16.6 Å². The molecule has 0 spiro atoms. The highest BCUT2D eigenvalue weighted by atomic mass is 35.5. The Morgan fingerprint density at radius 1 is 1.32 bits per heavy atom. The molecule has 25 heavy (non-hydrogen) atoms. The number of aromatic nitrogens is 3. The maximum Gasteiger partial charge on any atom is 0.336 e. The number of benzene rings is 1. The Hall–Kier alpha value is -2.40. The summed E-state index contributed by atoms with van der Waals surface area (Å²) in [6, 6.07) is 9.07. The van der Waals surface area contributed by atoms with Crippen LogP contribution in [0.15, 0.2) is 30.3 Å². The normalized spacial score (nSPS) is 14.4. The van der Waals surface area contributed by atoms with Crippen molar-refractivity contribution in [3.05, 3.63) is 52.3 Å². The number of nitrogens with zero attached hydrogens (tertiary/aromatic N) is 3. The molecule has 0 bridgehead atoms. The van der Waals surface area contributed by atoms with Crippen LogP contribution in [0.3, 0.4) is 0 Å². The van der Waals surface area contributed by atoms with Gasteiger partial charge in [-0.25, -0.2) is 14.5 Å². The fourth-order valence-corrected chi connectivity index (χ4v) is 3.30. The molecule has 0 atom stereocenters. The Morgan fingerprint density at radius 2 is 2.08 bits per heavy atom. The number of hydrogen-bond acceptors (Lipinski definition) is 3. The van der Waals surface area contributed by atoms with E-state index < -0.39 is 5.97 Å². The highest BCUT2D eigenvalue weighted by Gasteiger charge is 2.29. The highest BCUT2D eigenvalue weighted by molar-refractivity contribution is 6.30. The van der Waals surface area contributed by atoms with E-state index in [0.29, 0.717) is 22.0 Å². The Balaban J connectivity index is 2.07. The number of aromatic carboxylic acids is 1. The van der Waals surface area contributed by atoms with Crippen LogP contribution in [0.5, 0.6) is 0 Å². The number of halogens is 1. The minimum atomic E-state index is -0.943. The highest BCUT2D eigenvalue weighted by Crippen LogP contribution is 2.41. The lowest BCUT2D eigenvalue weighted by Crippen LogP contribution is -2.03. The van der Waals surface area contributed by atoms with Gasteiger partial charge < -0.3 is 5.11 Å². The van der Waals surface area contributed by atoms with Crippen LogP contribution in [-0.4, -0.2) is 25.8 Å². The molecule has 1 N–H and O–H groups in total. The largest absolute Gasteiger partial charge is 0.478 e. The number of carboxylic acids is 1. The van der Waals surface area contributed by atoms with Crippen molar-refractivity contribution in [3.63, 3.8) is 0 Å². The molecule has 1 aliphatic rings. The number of fused-ring (bicyclic) bond motifs is 1. The van der Waals surface area contributed by atoms with Crippen molar-refractivity contribution in [3.8, 4) is 5.69 Å². The Bertz CT molecular complexity index is 990.